The molecule has 1 aromatic carbocycles. The molecule has 2 rings (SSSR count). The van der Waals surface area contributed by atoms with Crippen LogP contribution in [0.15, 0.2) is 41.6 Å². The minimum Gasteiger partial charge on any atom is -0.330 e. The highest BCUT2D eigenvalue weighted by atomic mass is 32.2. The number of hydrogen-bond acceptors (Lipinski definition) is 4. The molecule has 2 aromatic rings. The van der Waals surface area contributed by atoms with Gasteiger partial charge in [0.1, 0.15) is 0 Å². The molecule has 0 spiro atoms. The molecule has 6 nitrogen and oxygen atoms in total. The quantitative estimate of drug-likeness (QED) is 0.759. The number of anilines is 1. The second-order valence-corrected chi connectivity index (χ2v) is 6.05. The largest absolute Gasteiger partial charge is 0.330 e. The Hall–Kier alpha value is -1.86. The summed E-state index contributed by atoms with van der Waals surface area (Å²) >= 11 is 0. The first-order chi connectivity index (χ1) is 9.56. The van der Waals surface area contributed by atoms with Gasteiger partial charge in [0, 0.05) is 18.4 Å². The van der Waals surface area contributed by atoms with E-state index in [4.69, 9.17) is 0 Å². The van der Waals surface area contributed by atoms with Gasteiger partial charge in [-0.1, -0.05) is 19.1 Å². The van der Waals surface area contributed by atoms with Gasteiger partial charge >= 0.3 is 0 Å². The number of sulfonamides is 1. The molecule has 0 fully saturated rings. The first-order valence-corrected chi connectivity index (χ1v) is 7.84. The fraction of sp³-hybridized carbons (Fsp3) is 0.308. The minimum atomic E-state index is -3.63. The summed E-state index contributed by atoms with van der Waals surface area (Å²) in [6.45, 7) is 2.05. The highest BCUT2D eigenvalue weighted by Gasteiger charge is 2.17. The lowest BCUT2D eigenvalue weighted by atomic mass is 10.1. The predicted octanol–water partition coefficient (Wildman–Crippen LogP) is 1.88. The molecule has 0 saturated carbocycles. The lowest BCUT2D eigenvalue weighted by molar-refractivity contribution is 0.574. The number of nitrogens with zero attached hydrogens (tertiary/aromatic N) is 1. The van der Waals surface area contributed by atoms with Crippen molar-refractivity contribution in [3.8, 4) is 0 Å². The third kappa shape index (κ3) is 3.17. The van der Waals surface area contributed by atoms with Crippen molar-refractivity contribution in [2.24, 2.45) is 0 Å². The number of H-pyrrole nitrogens is 1. The van der Waals surface area contributed by atoms with Crippen molar-refractivity contribution in [3.05, 3.63) is 42.2 Å². The Balaban J connectivity index is 2.30. The van der Waals surface area contributed by atoms with E-state index < -0.39 is 10.0 Å². The Morgan fingerprint density at radius 3 is 2.80 bits per heavy atom. The highest BCUT2D eigenvalue weighted by Crippen LogP contribution is 2.20. The van der Waals surface area contributed by atoms with E-state index >= 15 is 0 Å². The summed E-state index contributed by atoms with van der Waals surface area (Å²) in [5.74, 6) is 0.205. The van der Waals surface area contributed by atoms with E-state index in [1.165, 1.54) is 6.20 Å². The van der Waals surface area contributed by atoms with E-state index in [-0.39, 0.29) is 16.9 Å². The number of nitrogens with one attached hydrogen (secondary N) is 3. The van der Waals surface area contributed by atoms with E-state index in [1.807, 2.05) is 20.0 Å². The van der Waals surface area contributed by atoms with Crippen molar-refractivity contribution in [1.29, 1.82) is 0 Å². The summed E-state index contributed by atoms with van der Waals surface area (Å²) < 4.78 is 26.9. The molecule has 0 aliphatic rings. The maximum absolute atomic E-state index is 12.3. The monoisotopic (exact) mass is 294 g/mol. The van der Waals surface area contributed by atoms with Crippen LogP contribution in [-0.4, -0.2) is 25.4 Å². The van der Waals surface area contributed by atoms with Crippen molar-refractivity contribution in [2.45, 2.75) is 24.3 Å². The molecule has 0 aliphatic heterocycles. The zero-order valence-corrected chi connectivity index (χ0v) is 12.2. The zero-order chi connectivity index (χ0) is 14.6. The first kappa shape index (κ1) is 14.5. The molecule has 0 amide bonds. The topological polar surface area (TPSA) is 86.9 Å². The summed E-state index contributed by atoms with van der Waals surface area (Å²) in [4.78, 5) is 6.79. The number of imidazole rings is 1. The van der Waals surface area contributed by atoms with Gasteiger partial charge in [0.05, 0.1) is 4.90 Å². The molecule has 7 heteroatoms. The van der Waals surface area contributed by atoms with Crippen LogP contribution in [0.3, 0.4) is 0 Å². The maximum atomic E-state index is 12.3. The molecular weight excluding hydrogens is 276 g/mol. The number of rotatable bonds is 6. The normalized spacial score (nSPS) is 13.1. The maximum Gasteiger partial charge on any atom is 0.264 e. The number of benzene rings is 1. The first-order valence-electron chi connectivity index (χ1n) is 6.36. The summed E-state index contributed by atoms with van der Waals surface area (Å²) in [6, 6.07) is 7.03. The third-order valence-electron chi connectivity index (χ3n) is 3.06. The van der Waals surface area contributed by atoms with Crippen LogP contribution in [0.4, 0.5) is 5.95 Å². The van der Waals surface area contributed by atoms with Crippen molar-refractivity contribution in [3.63, 3.8) is 0 Å². The van der Waals surface area contributed by atoms with Crippen LogP contribution in [-0.2, 0) is 10.0 Å². The number of hydrogen-bond donors (Lipinski definition) is 3. The van der Waals surface area contributed by atoms with Gasteiger partial charge in [-0.3, -0.25) is 0 Å². The molecule has 1 unspecified atom stereocenters. The van der Waals surface area contributed by atoms with Gasteiger partial charge in [0.15, 0.2) is 0 Å². The average molecular weight is 294 g/mol. The van der Waals surface area contributed by atoms with Crippen molar-refractivity contribution < 1.29 is 8.42 Å². The second kappa shape index (κ2) is 6.06. The number of aromatic amines is 1. The molecule has 0 bridgehead atoms. The summed E-state index contributed by atoms with van der Waals surface area (Å²) in [5, 5.41) is 3.16. The Morgan fingerprint density at radius 1 is 1.40 bits per heavy atom. The standard InChI is InChI=1S/C13H18N4O2S/c1-3-12(14-2)10-5-4-6-11(9-10)20(18,19)17-13-15-7-8-16-13/h4-9,12,14H,3H2,1-2H3,(H2,15,16,17). The zero-order valence-electron chi connectivity index (χ0n) is 11.4. The highest BCUT2D eigenvalue weighted by molar-refractivity contribution is 7.92. The minimum absolute atomic E-state index is 0.133. The van der Waals surface area contributed by atoms with Gasteiger partial charge in [-0.25, -0.2) is 18.1 Å². The van der Waals surface area contributed by atoms with E-state index in [0.717, 1.165) is 12.0 Å². The molecule has 108 valence electrons. The molecule has 0 saturated heterocycles. The molecule has 1 aromatic heterocycles. The van der Waals surface area contributed by atoms with E-state index in [1.54, 1.807) is 24.4 Å². The molecule has 1 atom stereocenters. The van der Waals surface area contributed by atoms with Crippen LogP contribution in [0, 0.1) is 0 Å². The lowest BCUT2D eigenvalue weighted by Gasteiger charge is -2.15. The van der Waals surface area contributed by atoms with Gasteiger partial charge < -0.3 is 10.3 Å². The van der Waals surface area contributed by atoms with Crippen LogP contribution in [0.1, 0.15) is 24.9 Å². The van der Waals surface area contributed by atoms with Crippen LogP contribution < -0.4 is 10.0 Å². The van der Waals surface area contributed by atoms with Crippen LogP contribution >= 0.6 is 0 Å². The summed E-state index contributed by atoms with van der Waals surface area (Å²) in [5.41, 5.74) is 0.942. The second-order valence-electron chi connectivity index (χ2n) is 4.37. The summed E-state index contributed by atoms with van der Waals surface area (Å²) in [7, 11) is -1.77. The Kier molecular flexibility index (Phi) is 4.41. The summed E-state index contributed by atoms with van der Waals surface area (Å²) in [6.07, 6.45) is 3.93. The number of aromatic nitrogens is 2. The Bertz CT molecular complexity index is 649. The average Bonchev–Trinajstić information content (AvgIpc) is 2.93. The molecule has 0 aliphatic carbocycles. The fourth-order valence-corrected chi connectivity index (χ4v) is 3.05. The van der Waals surface area contributed by atoms with Gasteiger partial charge in [-0.05, 0) is 31.2 Å². The van der Waals surface area contributed by atoms with E-state index in [2.05, 4.69) is 20.0 Å². The molecule has 3 N–H and O–H groups in total. The fourth-order valence-electron chi connectivity index (χ4n) is 2.01. The SMILES string of the molecule is CCC(NC)c1cccc(S(=O)(=O)Nc2ncc[nH]2)c1. The van der Waals surface area contributed by atoms with Crippen LogP contribution in [0.25, 0.3) is 0 Å². The smallest absolute Gasteiger partial charge is 0.264 e. The van der Waals surface area contributed by atoms with Crippen LogP contribution in [0.2, 0.25) is 0 Å². The van der Waals surface area contributed by atoms with Gasteiger partial charge in [-0.2, -0.15) is 0 Å². The van der Waals surface area contributed by atoms with Gasteiger partial charge in [0.25, 0.3) is 10.0 Å². The van der Waals surface area contributed by atoms with Crippen molar-refractivity contribution >= 4 is 16.0 Å². The third-order valence-corrected chi connectivity index (χ3v) is 4.39. The lowest BCUT2D eigenvalue weighted by Crippen LogP contribution is -2.17. The van der Waals surface area contributed by atoms with Gasteiger partial charge in [-0.15, -0.1) is 0 Å². The molecule has 1 heterocycles. The van der Waals surface area contributed by atoms with Crippen molar-refractivity contribution in [1.82, 2.24) is 15.3 Å². The predicted molar refractivity (Wildman–Crippen MR) is 77.9 cm³/mol. The molecule has 0 radical (unpaired) electrons. The molecule has 20 heavy (non-hydrogen) atoms. The Labute approximate surface area is 118 Å². The van der Waals surface area contributed by atoms with Gasteiger partial charge in [0.2, 0.25) is 5.95 Å². The molecular formula is C13H18N4O2S. The van der Waals surface area contributed by atoms with Crippen molar-refractivity contribution in [2.75, 3.05) is 11.8 Å². The van der Waals surface area contributed by atoms with E-state index in [9.17, 15) is 8.42 Å². The Morgan fingerprint density at radius 2 is 2.20 bits per heavy atom. The van der Waals surface area contributed by atoms with E-state index in [0.29, 0.717) is 0 Å². The van der Waals surface area contributed by atoms with Crippen LogP contribution in [0.5, 0.6) is 0 Å².